The quantitative estimate of drug-likeness (QED) is 0.451. The van der Waals surface area contributed by atoms with Crippen molar-refractivity contribution in [2.45, 2.75) is 26.2 Å². The van der Waals surface area contributed by atoms with Crippen LogP contribution >= 0.6 is 0 Å². The summed E-state index contributed by atoms with van der Waals surface area (Å²) < 4.78 is 5.46. The van der Waals surface area contributed by atoms with E-state index in [0.29, 0.717) is 0 Å². The first kappa shape index (κ1) is 11.0. The molecule has 0 spiro atoms. The minimum Gasteiger partial charge on any atom is -0.483 e. The highest BCUT2D eigenvalue weighted by molar-refractivity contribution is 5.76. The minimum absolute atomic E-state index is 0.0218. The van der Waals surface area contributed by atoms with E-state index in [2.05, 4.69) is 12.3 Å². The van der Waals surface area contributed by atoms with Crippen LogP contribution in [-0.2, 0) is 17.6 Å². The number of hydrazine groups is 1. The number of hydrogen-bond acceptors (Lipinski definition) is 3. The predicted octanol–water partition coefficient (Wildman–Crippen LogP) is 0.852. The van der Waals surface area contributed by atoms with Crippen LogP contribution in [0, 0.1) is 6.92 Å². The zero-order chi connectivity index (χ0) is 11.5. The van der Waals surface area contributed by atoms with Gasteiger partial charge in [-0.2, -0.15) is 0 Å². The van der Waals surface area contributed by atoms with Gasteiger partial charge in [-0.3, -0.25) is 10.2 Å². The van der Waals surface area contributed by atoms with E-state index in [1.165, 1.54) is 23.1 Å². The molecular weight excluding hydrogens is 204 g/mol. The van der Waals surface area contributed by atoms with Gasteiger partial charge in [0.15, 0.2) is 6.61 Å². The van der Waals surface area contributed by atoms with Crippen LogP contribution in [0.5, 0.6) is 5.75 Å². The maximum absolute atomic E-state index is 11.0. The van der Waals surface area contributed by atoms with Crippen molar-refractivity contribution in [1.82, 2.24) is 5.43 Å². The van der Waals surface area contributed by atoms with Gasteiger partial charge in [0.2, 0.25) is 0 Å². The third-order valence-electron chi connectivity index (χ3n) is 3.00. The second-order valence-electron chi connectivity index (χ2n) is 4.05. The smallest absolute Gasteiger partial charge is 0.271 e. The van der Waals surface area contributed by atoms with E-state index in [1.54, 1.807) is 0 Å². The maximum Gasteiger partial charge on any atom is 0.271 e. The number of hydrogen-bond donors (Lipinski definition) is 2. The SMILES string of the molecule is Cc1ccc(OCC(=O)NN)c2c1CCC2. The number of aryl methyl sites for hydroxylation is 1. The summed E-state index contributed by atoms with van der Waals surface area (Å²) in [7, 11) is 0. The van der Waals surface area contributed by atoms with Gasteiger partial charge in [-0.15, -0.1) is 0 Å². The average molecular weight is 220 g/mol. The minimum atomic E-state index is -0.313. The largest absolute Gasteiger partial charge is 0.483 e. The van der Waals surface area contributed by atoms with Crippen molar-refractivity contribution in [3.63, 3.8) is 0 Å². The molecule has 0 radical (unpaired) electrons. The Balaban J connectivity index is 2.16. The third kappa shape index (κ3) is 2.02. The molecule has 0 unspecified atom stereocenters. The lowest BCUT2D eigenvalue weighted by atomic mass is 10.0. The Morgan fingerprint density at radius 3 is 2.94 bits per heavy atom. The van der Waals surface area contributed by atoms with Crippen LogP contribution in [0.3, 0.4) is 0 Å². The number of nitrogens with one attached hydrogen (secondary N) is 1. The van der Waals surface area contributed by atoms with Gasteiger partial charge in [0, 0.05) is 0 Å². The average Bonchev–Trinajstić information content (AvgIpc) is 2.77. The van der Waals surface area contributed by atoms with Crippen molar-refractivity contribution in [3.8, 4) is 5.75 Å². The number of carbonyl (C=O) groups is 1. The summed E-state index contributed by atoms with van der Waals surface area (Å²) in [5.74, 6) is 5.50. The van der Waals surface area contributed by atoms with E-state index in [0.717, 1.165) is 18.6 Å². The fourth-order valence-electron chi connectivity index (χ4n) is 2.17. The molecule has 86 valence electrons. The predicted molar refractivity (Wildman–Crippen MR) is 61.0 cm³/mol. The maximum atomic E-state index is 11.0. The second kappa shape index (κ2) is 4.53. The first-order valence-corrected chi connectivity index (χ1v) is 5.46. The van der Waals surface area contributed by atoms with Crippen molar-refractivity contribution in [2.75, 3.05) is 6.61 Å². The number of benzene rings is 1. The van der Waals surface area contributed by atoms with E-state index in [-0.39, 0.29) is 12.5 Å². The molecule has 0 saturated heterocycles. The van der Waals surface area contributed by atoms with Crippen LogP contribution in [0.4, 0.5) is 0 Å². The Kier molecular flexibility index (Phi) is 3.10. The van der Waals surface area contributed by atoms with Crippen molar-refractivity contribution < 1.29 is 9.53 Å². The Morgan fingerprint density at radius 1 is 1.44 bits per heavy atom. The lowest BCUT2D eigenvalue weighted by Crippen LogP contribution is -2.34. The highest BCUT2D eigenvalue weighted by atomic mass is 16.5. The van der Waals surface area contributed by atoms with Crippen LogP contribution < -0.4 is 16.0 Å². The van der Waals surface area contributed by atoms with E-state index in [4.69, 9.17) is 10.6 Å². The van der Waals surface area contributed by atoms with Gasteiger partial charge in [0.05, 0.1) is 0 Å². The van der Waals surface area contributed by atoms with Gasteiger partial charge in [0.1, 0.15) is 5.75 Å². The zero-order valence-electron chi connectivity index (χ0n) is 9.38. The molecule has 2 rings (SSSR count). The molecule has 0 saturated carbocycles. The van der Waals surface area contributed by atoms with Crippen molar-refractivity contribution >= 4 is 5.91 Å². The fourth-order valence-corrected chi connectivity index (χ4v) is 2.17. The van der Waals surface area contributed by atoms with E-state index in [1.807, 2.05) is 12.1 Å². The van der Waals surface area contributed by atoms with E-state index in [9.17, 15) is 4.79 Å². The van der Waals surface area contributed by atoms with Crippen LogP contribution in [0.15, 0.2) is 12.1 Å². The Labute approximate surface area is 94.8 Å². The van der Waals surface area contributed by atoms with Gasteiger partial charge in [-0.25, -0.2) is 5.84 Å². The third-order valence-corrected chi connectivity index (χ3v) is 3.00. The van der Waals surface area contributed by atoms with Crippen LogP contribution in [-0.4, -0.2) is 12.5 Å². The molecule has 3 N–H and O–H groups in total. The molecule has 16 heavy (non-hydrogen) atoms. The highest BCUT2D eigenvalue weighted by Crippen LogP contribution is 2.32. The number of carbonyl (C=O) groups excluding carboxylic acids is 1. The van der Waals surface area contributed by atoms with E-state index >= 15 is 0 Å². The molecule has 0 aromatic heterocycles. The van der Waals surface area contributed by atoms with Gasteiger partial charge in [-0.1, -0.05) is 6.07 Å². The molecule has 1 aromatic rings. The molecule has 0 aliphatic heterocycles. The summed E-state index contributed by atoms with van der Waals surface area (Å²) in [6.45, 7) is 2.09. The number of fused-ring (bicyclic) bond motifs is 1. The van der Waals surface area contributed by atoms with Gasteiger partial charge >= 0.3 is 0 Å². The van der Waals surface area contributed by atoms with Crippen LogP contribution in [0.25, 0.3) is 0 Å². The van der Waals surface area contributed by atoms with Gasteiger partial charge in [-0.05, 0) is 48.9 Å². The summed E-state index contributed by atoms with van der Waals surface area (Å²) in [6.07, 6.45) is 3.32. The molecule has 4 nitrogen and oxygen atoms in total. The summed E-state index contributed by atoms with van der Waals surface area (Å²) in [4.78, 5) is 11.0. The van der Waals surface area contributed by atoms with Crippen LogP contribution in [0.2, 0.25) is 0 Å². The summed E-state index contributed by atoms with van der Waals surface area (Å²) >= 11 is 0. The second-order valence-corrected chi connectivity index (χ2v) is 4.05. The molecule has 0 bridgehead atoms. The van der Waals surface area contributed by atoms with Gasteiger partial charge in [0.25, 0.3) is 5.91 Å². The molecule has 0 heterocycles. The molecule has 1 amide bonds. The van der Waals surface area contributed by atoms with Crippen molar-refractivity contribution in [1.29, 1.82) is 0 Å². The number of ether oxygens (including phenoxy) is 1. The van der Waals surface area contributed by atoms with Crippen molar-refractivity contribution in [2.24, 2.45) is 5.84 Å². The molecule has 1 aromatic carbocycles. The zero-order valence-corrected chi connectivity index (χ0v) is 9.38. The Bertz CT molecular complexity index is 416. The summed E-state index contributed by atoms with van der Waals surface area (Å²) in [6, 6.07) is 3.98. The lowest BCUT2D eigenvalue weighted by molar-refractivity contribution is -0.123. The van der Waals surface area contributed by atoms with Crippen LogP contribution in [0.1, 0.15) is 23.1 Å². The molecule has 0 fully saturated rings. The first-order chi connectivity index (χ1) is 7.72. The molecule has 1 aliphatic carbocycles. The summed E-state index contributed by atoms with van der Waals surface area (Å²) in [5, 5.41) is 0. The van der Waals surface area contributed by atoms with Gasteiger partial charge < -0.3 is 4.74 Å². The Morgan fingerprint density at radius 2 is 2.19 bits per heavy atom. The normalized spacial score (nSPS) is 13.4. The van der Waals surface area contributed by atoms with E-state index < -0.39 is 0 Å². The summed E-state index contributed by atoms with van der Waals surface area (Å²) in [5.41, 5.74) is 5.99. The molecule has 4 heteroatoms. The molecular formula is C12H16N2O2. The first-order valence-electron chi connectivity index (χ1n) is 5.46. The number of rotatable bonds is 3. The standard InChI is InChI=1S/C12H16N2O2/c1-8-5-6-11(16-7-12(15)14-13)10-4-2-3-9(8)10/h5-6H,2-4,7,13H2,1H3,(H,14,15). The van der Waals surface area contributed by atoms with Crippen molar-refractivity contribution in [3.05, 3.63) is 28.8 Å². The molecule has 0 atom stereocenters. The topological polar surface area (TPSA) is 64.3 Å². The lowest BCUT2D eigenvalue weighted by Gasteiger charge is -2.11. The number of amides is 1. The Hall–Kier alpha value is -1.55. The highest BCUT2D eigenvalue weighted by Gasteiger charge is 2.18. The monoisotopic (exact) mass is 220 g/mol. The molecule has 1 aliphatic rings. The fraction of sp³-hybridized carbons (Fsp3) is 0.417. The number of nitrogens with two attached hydrogens (primary N) is 1.